The molecule has 0 unspecified atom stereocenters. The van der Waals surface area contributed by atoms with Gasteiger partial charge in [0.15, 0.2) is 5.96 Å². The first kappa shape index (κ1) is 26.6. The van der Waals surface area contributed by atoms with E-state index in [0.717, 1.165) is 55.9 Å². The van der Waals surface area contributed by atoms with E-state index in [9.17, 15) is 4.79 Å². The van der Waals surface area contributed by atoms with Gasteiger partial charge in [0, 0.05) is 44.8 Å². The third-order valence-corrected chi connectivity index (χ3v) is 5.35. The SMILES string of the molecule is CCNC(=NCCNC(=O)c1ccc(OC)cc1)N1CCN(c2ccccc2OC)CC1.I. The molecule has 0 aliphatic carbocycles. The lowest BCUT2D eigenvalue weighted by Gasteiger charge is -2.38. The first-order valence-corrected chi connectivity index (χ1v) is 11.0. The third kappa shape index (κ3) is 7.41. The van der Waals surface area contributed by atoms with E-state index in [0.29, 0.717) is 18.7 Å². The van der Waals surface area contributed by atoms with Crippen molar-refractivity contribution in [1.29, 1.82) is 0 Å². The van der Waals surface area contributed by atoms with Crippen LogP contribution >= 0.6 is 24.0 Å². The zero-order valence-electron chi connectivity index (χ0n) is 19.5. The van der Waals surface area contributed by atoms with Crippen LogP contribution in [0, 0.1) is 0 Å². The van der Waals surface area contributed by atoms with Crippen molar-refractivity contribution in [2.24, 2.45) is 4.99 Å². The number of anilines is 1. The summed E-state index contributed by atoms with van der Waals surface area (Å²) in [6, 6.07) is 15.2. The number of nitrogens with one attached hydrogen (secondary N) is 2. The second-order valence-corrected chi connectivity index (χ2v) is 7.37. The van der Waals surface area contributed by atoms with Crippen molar-refractivity contribution in [3.8, 4) is 11.5 Å². The van der Waals surface area contributed by atoms with Gasteiger partial charge in [0.2, 0.25) is 0 Å². The van der Waals surface area contributed by atoms with Crippen LogP contribution in [-0.4, -0.2) is 76.8 Å². The maximum atomic E-state index is 12.3. The fourth-order valence-corrected chi connectivity index (χ4v) is 3.65. The topological polar surface area (TPSA) is 78.4 Å². The number of ether oxygens (including phenoxy) is 2. The molecule has 1 aliphatic heterocycles. The number of para-hydroxylation sites is 2. The molecule has 9 heteroatoms. The second kappa shape index (κ2) is 13.8. The summed E-state index contributed by atoms with van der Waals surface area (Å²) in [4.78, 5) is 21.6. The third-order valence-electron chi connectivity index (χ3n) is 5.35. The second-order valence-electron chi connectivity index (χ2n) is 7.37. The van der Waals surface area contributed by atoms with E-state index in [1.165, 1.54) is 0 Å². The molecule has 3 rings (SSSR count). The number of piperazine rings is 1. The number of guanidine groups is 1. The summed E-state index contributed by atoms with van der Waals surface area (Å²) < 4.78 is 10.6. The van der Waals surface area contributed by atoms with Gasteiger partial charge >= 0.3 is 0 Å². The predicted octanol–water partition coefficient (Wildman–Crippen LogP) is 2.84. The Balaban J connectivity index is 0.00000385. The summed E-state index contributed by atoms with van der Waals surface area (Å²) in [5, 5.41) is 6.29. The molecule has 33 heavy (non-hydrogen) atoms. The van der Waals surface area contributed by atoms with Crippen LogP contribution in [0.25, 0.3) is 0 Å². The highest BCUT2D eigenvalue weighted by Crippen LogP contribution is 2.28. The van der Waals surface area contributed by atoms with Crippen LogP contribution in [0.4, 0.5) is 5.69 Å². The maximum Gasteiger partial charge on any atom is 0.251 e. The van der Waals surface area contributed by atoms with Crippen LogP contribution in [0.3, 0.4) is 0 Å². The van der Waals surface area contributed by atoms with Crippen LogP contribution in [0.15, 0.2) is 53.5 Å². The number of nitrogens with zero attached hydrogens (tertiary/aromatic N) is 3. The van der Waals surface area contributed by atoms with E-state index < -0.39 is 0 Å². The molecule has 0 saturated carbocycles. The smallest absolute Gasteiger partial charge is 0.251 e. The monoisotopic (exact) mass is 567 g/mol. The Morgan fingerprint density at radius 3 is 2.30 bits per heavy atom. The van der Waals surface area contributed by atoms with Gasteiger partial charge in [-0.3, -0.25) is 9.79 Å². The van der Waals surface area contributed by atoms with Gasteiger partial charge in [0.1, 0.15) is 11.5 Å². The molecule has 0 radical (unpaired) electrons. The Morgan fingerprint density at radius 2 is 1.67 bits per heavy atom. The Morgan fingerprint density at radius 1 is 0.970 bits per heavy atom. The van der Waals surface area contributed by atoms with Gasteiger partial charge in [-0.1, -0.05) is 12.1 Å². The fraction of sp³-hybridized carbons (Fsp3) is 0.417. The van der Waals surface area contributed by atoms with E-state index in [1.807, 2.05) is 18.2 Å². The highest BCUT2D eigenvalue weighted by Gasteiger charge is 2.21. The first-order valence-electron chi connectivity index (χ1n) is 11.0. The van der Waals surface area contributed by atoms with Crippen molar-refractivity contribution in [2.45, 2.75) is 6.92 Å². The number of methoxy groups -OCH3 is 2. The fourth-order valence-electron chi connectivity index (χ4n) is 3.65. The Labute approximate surface area is 213 Å². The lowest BCUT2D eigenvalue weighted by Crippen LogP contribution is -2.52. The van der Waals surface area contributed by atoms with Gasteiger partial charge in [-0.2, -0.15) is 0 Å². The number of hydrogen-bond donors (Lipinski definition) is 2. The van der Waals surface area contributed by atoms with Gasteiger partial charge in [0.25, 0.3) is 5.91 Å². The number of rotatable bonds is 8. The van der Waals surface area contributed by atoms with E-state index in [2.05, 4.69) is 33.4 Å². The molecule has 1 heterocycles. The minimum atomic E-state index is -0.113. The summed E-state index contributed by atoms with van der Waals surface area (Å²) in [6.45, 7) is 7.34. The number of amides is 1. The van der Waals surface area contributed by atoms with E-state index in [4.69, 9.17) is 14.5 Å². The normalized spacial score (nSPS) is 13.7. The number of benzene rings is 2. The molecule has 1 fully saturated rings. The Bertz CT molecular complexity index is 899. The molecule has 0 spiro atoms. The lowest BCUT2D eigenvalue weighted by molar-refractivity contribution is 0.0954. The number of carbonyl (C=O) groups excluding carboxylic acids is 1. The summed E-state index contributed by atoms with van der Waals surface area (Å²) in [7, 11) is 3.31. The zero-order valence-corrected chi connectivity index (χ0v) is 21.9. The highest BCUT2D eigenvalue weighted by atomic mass is 127. The van der Waals surface area contributed by atoms with Crippen LogP contribution in [0.2, 0.25) is 0 Å². The molecule has 0 atom stereocenters. The zero-order chi connectivity index (χ0) is 22.8. The number of carbonyl (C=O) groups is 1. The van der Waals surface area contributed by atoms with Gasteiger partial charge in [-0.05, 0) is 43.3 Å². The standard InChI is InChI=1S/C24H33N5O3.HI/c1-4-25-24(27-14-13-26-23(30)19-9-11-20(31-2)12-10-19)29-17-15-28(16-18-29)21-7-5-6-8-22(21)32-3;/h5-12H,4,13-18H2,1-3H3,(H,25,27)(H,26,30);1H. The molecular weight excluding hydrogens is 533 g/mol. The number of hydrogen-bond acceptors (Lipinski definition) is 5. The van der Waals surface area contributed by atoms with Crippen LogP contribution < -0.4 is 25.0 Å². The van der Waals surface area contributed by atoms with Crippen LogP contribution in [-0.2, 0) is 0 Å². The summed E-state index contributed by atoms with van der Waals surface area (Å²) in [5.41, 5.74) is 1.73. The summed E-state index contributed by atoms with van der Waals surface area (Å²) >= 11 is 0. The van der Waals surface area contributed by atoms with Gasteiger partial charge in [-0.25, -0.2) is 0 Å². The van der Waals surface area contributed by atoms with E-state index in [-0.39, 0.29) is 29.9 Å². The summed E-state index contributed by atoms with van der Waals surface area (Å²) in [5.74, 6) is 2.39. The number of halogens is 1. The molecule has 2 aromatic carbocycles. The Kier molecular flexibility index (Phi) is 11.1. The highest BCUT2D eigenvalue weighted by molar-refractivity contribution is 14.0. The van der Waals surface area contributed by atoms with Crippen molar-refractivity contribution in [1.82, 2.24) is 15.5 Å². The maximum absolute atomic E-state index is 12.3. The predicted molar refractivity (Wildman–Crippen MR) is 144 cm³/mol. The lowest BCUT2D eigenvalue weighted by atomic mass is 10.2. The molecule has 180 valence electrons. The summed E-state index contributed by atoms with van der Waals surface area (Å²) in [6.07, 6.45) is 0. The average molecular weight is 567 g/mol. The van der Waals surface area contributed by atoms with Crippen molar-refractivity contribution >= 4 is 41.5 Å². The largest absolute Gasteiger partial charge is 0.497 e. The molecule has 1 saturated heterocycles. The van der Waals surface area contributed by atoms with Gasteiger partial charge in [0.05, 0.1) is 26.5 Å². The first-order chi connectivity index (χ1) is 15.7. The van der Waals surface area contributed by atoms with Crippen molar-refractivity contribution in [3.63, 3.8) is 0 Å². The Hall–Kier alpha value is -2.69. The molecule has 1 aliphatic rings. The van der Waals surface area contributed by atoms with Gasteiger partial charge in [-0.15, -0.1) is 24.0 Å². The van der Waals surface area contributed by atoms with Crippen LogP contribution in [0.5, 0.6) is 11.5 Å². The van der Waals surface area contributed by atoms with Gasteiger partial charge < -0.3 is 29.9 Å². The number of aliphatic imine (C=N–C) groups is 1. The quantitative estimate of drug-likeness (QED) is 0.221. The molecule has 8 nitrogen and oxygen atoms in total. The van der Waals surface area contributed by atoms with Crippen molar-refractivity contribution < 1.29 is 14.3 Å². The minimum Gasteiger partial charge on any atom is -0.497 e. The van der Waals surface area contributed by atoms with Crippen LogP contribution in [0.1, 0.15) is 17.3 Å². The molecule has 0 aromatic heterocycles. The van der Waals surface area contributed by atoms with Crippen molar-refractivity contribution in [2.75, 3.05) is 64.9 Å². The molecular formula is C24H34IN5O3. The molecule has 0 bridgehead atoms. The molecule has 2 N–H and O–H groups in total. The van der Waals surface area contributed by atoms with E-state index in [1.54, 1.807) is 38.5 Å². The molecule has 1 amide bonds. The minimum absolute atomic E-state index is 0. The van der Waals surface area contributed by atoms with E-state index >= 15 is 0 Å². The molecule has 2 aromatic rings. The average Bonchev–Trinajstić information content (AvgIpc) is 2.86. The van der Waals surface area contributed by atoms with Crippen molar-refractivity contribution in [3.05, 3.63) is 54.1 Å².